The van der Waals surface area contributed by atoms with E-state index in [0.717, 1.165) is 17.2 Å². The third kappa shape index (κ3) is 2.67. The van der Waals surface area contributed by atoms with Crippen LogP contribution in [0.4, 0.5) is 0 Å². The minimum Gasteiger partial charge on any atom is -0.439 e. The van der Waals surface area contributed by atoms with Gasteiger partial charge in [-0.3, -0.25) is 0 Å². The van der Waals surface area contributed by atoms with Gasteiger partial charge in [-0.05, 0) is 11.4 Å². The predicted molar refractivity (Wildman–Crippen MR) is 61.8 cm³/mol. The predicted octanol–water partition coefficient (Wildman–Crippen LogP) is 2.90. The van der Waals surface area contributed by atoms with Gasteiger partial charge in [-0.1, -0.05) is 13.8 Å². The molecule has 0 fully saturated rings. The number of oxazole rings is 1. The highest BCUT2D eigenvalue weighted by atomic mass is 32.1. The first-order chi connectivity index (χ1) is 7.25. The molecule has 0 saturated carbocycles. The first kappa shape index (κ1) is 10.4. The van der Waals surface area contributed by atoms with Crippen molar-refractivity contribution in [2.75, 3.05) is 0 Å². The lowest BCUT2D eigenvalue weighted by Crippen LogP contribution is -2.21. The zero-order valence-electron chi connectivity index (χ0n) is 8.86. The standard InChI is InChI=1S/C11H14N2OS/c1-8(2)12-6-11-13-5-10(14-11)9-3-4-15-7-9/h3-5,7-8,12H,6H2,1-2H3. The first-order valence-electron chi connectivity index (χ1n) is 4.96. The Morgan fingerprint density at radius 3 is 3.07 bits per heavy atom. The van der Waals surface area contributed by atoms with Crippen molar-refractivity contribution in [3.63, 3.8) is 0 Å². The van der Waals surface area contributed by atoms with E-state index in [1.165, 1.54) is 0 Å². The van der Waals surface area contributed by atoms with Gasteiger partial charge in [-0.25, -0.2) is 4.98 Å². The van der Waals surface area contributed by atoms with Crippen molar-refractivity contribution in [3.8, 4) is 11.3 Å². The van der Waals surface area contributed by atoms with E-state index in [-0.39, 0.29) is 0 Å². The second kappa shape index (κ2) is 4.59. The summed E-state index contributed by atoms with van der Waals surface area (Å²) in [5.41, 5.74) is 1.10. The summed E-state index contributed by atoms with van der Waals surface area (Å²) in [6.45, 7) is 4.88. The molecular weight excluding hydrogens is 208 g/mol. The van der Waals surface area contributed by atoms with E-state index < -0.39 is 0 Å². The van der Waals surface area contributed by atoms with Crippen LogP contribution in [0.25, 0.3) is 11.3 Å². The number of thiophene rings is 1. The Morgan fingerprint density at radius 2 is 2.40 bits per heavy atom. The molecule has 0 aliphatic heterocycles. The topological polar surface area (TPSA) is 38.1 Å². The summed E-state index contributed by atoms with van der Waals surface area (Å²) < 4.78 is 5.61. The molecule has 0 amide bonds. The van der Waals surface area contributed by atoms with Crippen LogP contribution >= 0.6 is 11.3 Å². The molecule has 0 aromatic carbocycles. The summed E-state index contributed by atoms with van der Waals surface area (Å²) in [5, 5.41) is 7.35. The van der Waals surface area contributed by atoms with Crippen LogP contribution in [0.5, 0.6) is 0 Å². The molecule has 0 saturated heterocycles. The summed E-state index contributed by atoms with van der Waals surface area (Å²) in [6.07, 6.45) is 1.78. The van der Waals surface area contributed by atoms with E-state index >= 15 is 0 Å². The highest BCUT2D eigenvalue weighted by Gasteiger charge is 2.06. The third-order valence-corrected chi connectivity index (χ3v) is 2.70. The Balaban J connectivity index is 2.04. The van der Waals surface area contributed by atoms with Crippen molar-refractivity contribution >= 4 is 11.3 Å². The van der Waals surface area contributed by atoms with Crippen LogP contribution in [0, 0.1) is 0 Å². The van der Waals surface area contributed by atoms with E-state index in [2.05, 4.69) is 29.5 Å². The molecule has 2 heterocycles. The molecular formula is C11H14N2OS. The smallest absolute Gasteiger partial charge is 0.208 e. The lowest BCUT2D eigenvalue weighted by Gasteiger charge is -2.03. The molecule has 0 unspecified atom stereocenters. The van der Waals surface area contributed by atoms with Crippen molar-refractivity contribution in [1.82, 2.24) is 10.3 Å². The molecule has 2 aromatic rings. The zero-order valence-corrected chi connectivity index (χ0v) is 9.67. The van der Waals surface area contributed by atoms with Crippen LogP contribution in [0.2, 0.25) is 0 Å². The average molecular weight is 222 g/mol. The maximum atomic E-state index is 5.61. The van der Waals surface area contributed by atoms with Gasteiger partial charge in [-0.2, -0.15) is 11.3 Å². The number of nitrogens with zero attached hydrogens (tertiary/aromatic N) is 1. The Labute approximate surface area is 93.2 Å². The van der Waals surface area contributed by atoms with E-state index in [9.17, 15) is 0 Å². The molecule has 1 N–H and O–H groups in total. The van der Waals surface area contributed by atoms with Crippen LogP contribution < -0.4 is 5.32 Å². The van der Waals surface area contributed by atoms with Crippen molar-refractivity contribution < 1.29 is 4.42 Å². The van der Waals surface area contributed by atoms with Crippen LogP contribution in [-0.2, 0) is 6.54 Å². The summed E-state index contributed by atoms with van der Waals surface area (Å²) >= 11 is 1.66. The Kier molecular flexibility index (Phi) is 3.18. The minimum atomic E-state index is 0.446. The van der Waals surface area contributed by atoms with Crippen LogP contribution in [-0.4, -0.2) is 11.0 Å². The van der Waals surface area contributed by atoms with E-state index in [1.807, 2.05) is 11.4 Å². The highest BCUT2D eigenvalue weighted by Crippen LogP contribution is 2.22. The number of hydrogen-bond acceptors (Lipinski definition) is 4. The highest BCUT2D eigenvalue weighted by molar-refractivity contribution is 7.08. The molecule has 2 rings (SSSR count). The summed E-state index contributed by atoms with van der Waals surface area (Å²) in [7, 11) is 0. The zero-order chi connectivity index (χ0) is 10.7. The first-order valence-corrected chi connectivity index (χ1v) is 5.90. The maximum Gasteiger partial charge on any atom is 0.208 e. The number of hydrogen-bond donors (Lipinski definition) is 1. The number of nitrogens with one attached hydrogen (secondary N) is 1. The van der Waals surface area contributed by atoms with Crippen molar-refractivity contribution in [2.45, 2.75) is 26.4 Å². The van der Waals surface area contributed by atoms with Gasteiger partial charge in [0.2, 0.25) is 5.89 Å². The maximum absolute atomic E-state index is 5.61. The number of rotatable bonds is 4. The quantitative estimate of drug-likeness (QED) is 0.864. The fraction of sp³-hybridized carbons (Fsp3) is 0.364. The van der Waals surface area contributed by atoms with Gasteiger partial charge in [-0.15, -0.1) is 0 Å². The average Bonchev–Trinajstić information content (AvgIpc) is 2.85. The van der Waals surface area contributed by atoms with Gasteiger partial charge in [0, 0.05) is 17.0 Å². The van der Waals surface area contributed by atoms with E-state index in [0.29, 0.717) is 12.6 Å². The van der Waals surface area contributed by atoms with Crippen molar-refractivity contribution in [3.05, 3.63) is 28.9 Å². The Morgan fingerprint density at radius 1 is 1.53 bits per heavy atom. The molecule has 4 heteroatoms. The van der Waals surface area contributed by atoms with Crippen molar-refractivity contribution in [2.24, 2.45) is 0 Å². The molecule has 2 aromatic heterocycles. The Bertz CT molecular complexity index is 406. The second-order valence-corrected chi connectivity index (χ2v) is 4.45. The van der Waals surface area contributed by atoms with E-state index in [4.69, 9.17) is 4.42 Å². The van der Waals surface area contributed by atoms with Crippen LogP contribution in [0.15, 0.2) is 27.4 Å². The lowest BCUT2D eigenvalue weighted by atomic mass is 10.3. The Hall–Kier alpha value is -1.13. The molecule has 3 nitrogen and oxygen atoms in total. The van der Waals surface area contributed by atoms with Crippen molar-refractivity contribution in [1.29, 1.82) is 0 Å². The SMILES string of the molecule is CC(C)NCc1ncc(-c2ccsc2)o1. The van der Waals surface area contributed by atoms with Gasteiger partial charge >= 0.3 is 0 Å². The molecule has 0 bridgehead atoms. The molecule has 15 heavy (non-hydrogen) atoms. The monoisotopic (exact) mass is 222 g/mol. The summed E-state index contributed by atoms with van der Waals surface area (Å²) in [4.78, 5) is 4.22. The lowest BCUT2D eigenvalue weighted by molar-refractivity contribution is 0.459. The molecule has 0 atom stereocenters. The fourth-order valence-corrected chi connectivity index (χ4v) is 1.87. The largest absolute Gasteiger partial charge is 0.439 e. The summed E-state index contributed by atoms with van der Waals surface area (Å²) in [6, 6.07) is 2.48. The normalized spacial score (nSPS) is 11.1. The molecule has 0 aliphatic carbocycles. The van der Waals surface area contributed by atoms with Crippen LogP contribution in [0.3, 0.4) is 0 Å². The van der Waals surface area contributed by atoms with Gasteiger partial charge in [0.15, 0.2) is 5.76 Å². The van der Waals surface area contributed by atoms with Gasteiger partial charge in [0.1, 0.15) is 0 Å². The van der Waals surface area contributed by atoms with Gasteiger partial charge in [0.25, 0.3) is 0 Å². The van der Waals surface area contributed by atoms with Crippen LogP contribution in [0.1, 0.15) is 19.7 Å². The molecule has 80 valence electrons. The van der Waals surface area contributed by atoms with E-state index in [1.54, 1.807) is 17.5 Å². The fourth-order valence-electron chi connectivity index (χ4n) is 1.22. The minimum absolute atomic E-state index is 0.446. The molecule has 0 radical (unpaired) electrons. The van der Waals surface area contributed by atoms with Gasteiger partial charge < -0.3 is 9.73 Å². The summed E-state index contributed by atoms with van der Waals surface area (Å²) in [5.74, 6) is 1.58. The second-order valence-electron chi connectivity index (χ2n) is 3.67. The van der Waals surface area contributed by atoms with Gasteiger partial charge in [0.05, 0.1) is 12.7 Å². The number of aromatic nitrogens is 1. The third-order valence-electron chi connectivity index (χ3n) is 2.02. The molecule has 0 spiro atoms. The molecule has 0 aliphatic rings.